The molecule has 0 heterocycles. The summed E-state index contributed by atoms with van der Waals surface area (Å²) in [5, 5.41) is 2.52. The van der Waals surface area contributed by atoms with E-state index in [1.807, 2.05) is 0 Å². The van der Waals surface area contributed by atoms with Gasteiger partial charge in [-0.15, -0.1) is 0 Å². The third-order valence-electron chi connectivity index (χ3n) is 2.09. The zero-order valence-corrected chi connectivity index (χ0v) is 10.7. The van der Waals surface area contributed by atoms with Gasteiger partial charge in [0, 0.05) is 12.5 Å². The molecule has 2 N–H and O–H groups in total. The number of amides is 1. The van der Waals surface area contributed by atoms with Gasteiger partial charge in [0.1, 0.15) is 11.5 Å². The molecule has 18 heavy (non-hydrogen) atoms. The van der Waals surface area contributed by atoms with Crippen molar-refractivity contribution in [2.24, 2.45) is 0 Å². The molecule has 0 aliphatic heterocycles. The van der Waals surface area contributed by atoms with E-state index in [1.165, 1.54) is 32.2 Å². The second kappa shape index (κ2) is 6.27. The maximum Gasteiger partial charge on any atom is 0.221 e. The van der Waals surface area contributed by atoms with E-state index >= 15 is 0 Å². The van der Waals surface area contributed by atoms with Gasteiger partial charge in [-0.05, 0) is 18.2 Å². The third kappa shape index (κ3) is 3.94. The zero-order valence-electron chi connectivity index (χ0n) is 9.93. The number of ether oxygens (including phenoxy) is 1. The smallest absolute Gasteiger partial charge is 0.221 e. The van der Waals surface area contributed by atoms with Crippen LogP contribution in [0.15, 0.2) is 18.2 Å². The number of hydrogen-bond donors (Lipinski definition) is 2. The molecular formula is C11H13NO5S. The summed E-state index contributed by atoms with van der Waals surface area (Å²) < 4.78 is 24.2. The molecule has 6 nitrogen and oxygen atoms in total. The fourth-order valence-electron chi connectivity index (χ4n) is 1.36. The minimum absolute atomic E-state index is 0.238. The van der Waals surface area contributed by atoms with Gasteiger partial charge < -0.3 is 14.6 Å². The molecule has 0 spiro atoms. The minimum atomic E-state index is -2.19. The number of carbonyl (C=O) groups excluding carboxylic acids is 2. The Hall–Kier alpha value is -1.73. The molecule has 1 aromatic rings. The number of Topliss-reactive ketones (excluding diaryl/α,β-unsaturated/α-hetero) is 1. The number of nitrogens with one attached hydrogen (secondary N) is 1. The van der Waals surface area contributed by atoms with Crippen LogP contribution in [-0.2, 0) is 15.9 Å². The van der Waals surface area contributed by atoms with Crippen LogP contribution in [0.25, 0.3) is 0 Å². The third-order valence-corrected chi connectivity index (χ3v) is 2.60. The lowest BCUT2D eigenvalue weighted by molar-refractivity contribution is -0.114. The summed E-state index contributed by atoms with van der Waals surface area (Å²) in [5.41, 5.74) is 0.585. The Morgan fingerprint density at radius 1 is 1.44 bits per heavy atom. The summed E-state index contributed by atoms with van der Waals surface area (Å²) in [4.78, 5) is 22.6. The molecule has 1 aromatic carbocycles. The first kappa shape index (κ1) is 14.3. The topological polar surface area (TPSA) is 92.7 Å². The van der Waals surface area contributed by atoms with Crippen LogP contribution in [0.2, 0.25) is 0 Å². The van der Waals surface area contributed by atoms with Crippen LogP contribution in [0.4, 0.5) is 5.69 Å². The zero-order chi connectivity index (χ0) is 13.7. The van der Waals surface area contributed by atoms with Crippen molar-refractivity contribution < 1.29 is 23.1 Å². The maximum atomic E-state index is 11.6. The molecule has 0 aromatic heterocycles. The molecule has 0 saturated carbocycles. The van der Waals surface area contributed by atoms with Gasteiger partial charge in [0.05, 0.1) is 12.8 Å². The molecule has 0 fully saturated rings. The quantitative estimate of drug-likeness (QED) is 0.617. The predicted molar refractivity (Wildman–Crippen MR) is 67.3 cm³/mol. The van der Waals surface area contributed by atoms with E-state index in [1.54, 1.807) is 0 Å². The van der Waals surface area contributed by atoms with Gasteiger partial charge in [0.25, 0.3) is 0 Å². The van der Waals surface area contributed by atoms with Crippen LogP contribution in [0.1, 0.15) is 17.3 Å². The van der Waals surface area contributed by atoms with Crippen LogP contribution >= 0.6 is 0 Å². The molecule has 0 radical (unpaired) electrons. The molecule has 1 atom stereocenters. The van der Waals surface area contributed by atoms with E-state index in [0.29, 0.717) is 11.4 Å². The monoisotopic (exact) mass is 271 g/mol. The Morgan fingerprint density at radius 2 is 2.11 bits per heavy atom. The summed E-state index contributed by atoms with van der Waals surface area (Å²) in [6.45, 7) is 1.33. The number of rotatable bonds is 5. The molecule has 1 unspecified atom stereocenters. The Balaban J connectivity index is 3.05. The van der Waals surface area contributed by atoms with Gasteiger partial charge in [0.15, 0.2) is 16.9 Å². The van der Waals surface area contributed by atoms with Gasteiger partial charge in [-0.25, -0.2) is 4.21 Å². The lowest BCUT2D eigenvalue weighted by atomic mass is 10.1. The Morgan fingerprint density at radius 3 is 2.61 bits per heavy atom. The highest BCUT2D eigenvalue weighted by Gasteiger charge is 2.13. The van der Waals surface area contributed by atoms with Gasteiger partial charge >= 0.3 is 0 Å². The van der Waals surface area contributed by atoms with Crippen molar-refractivity contribution in [3.05, 3.63) is 23.8 Å². The summed E-state index contributed by atoms with van der Waals surface area (Å²) in [6, 6.07) is 4.40. The Kier molecular flexibility index (Phi) is 4.99. The van der Waals surface area contributed by atoms with Crippen LogP contribution in [0.3, 0.4) is 0 Å². The first-order chi connectivity index (χ1) is 8.43. The summed E-state index contributed by atoms with van der Waals surface area (Å²) in [5.74, 6) is -0.855. The summed E-state index contributed by atoms with van der Waals surface area (Å²) >= 11 is -2.19. The van der Waals surface area contributed by atoms with Crippen molar-refractivity contribution >= 4 is 28.5 Å². The molecule has 0 aliphatic rings. The first-order valence-corrected chi connectivity index (χ1v) is 6.28. The van der Waals surface area contributed by atoms with Gasteiger partial charge in [0.2, 0.25) is 5.91 Å². The van der Waals surface area contributed by atoms with E-state index in [2.05, 4.69) is 5.32 Å². The standard InChI is InChI=1S/C11H13NO5S/c1-7(13)12-9-5-8(3-4-11(9)17-2)10(14)6-18(15)16/h3-5H,6H2,1-2H3,(H,12,13)(H,15,16). The lowest BCUT2D eigenvalue weighted by Crippen LogP contribution is -2.12. The van der Waals surface area contributed by atoms with E-state index < -0.39 is 22.6 Å². The average Bonchev–Trinajstić information content (AvgIpc) is 2.27. The Bertz CT molecular complexity index is 500. The lowest BCUT2D eigenvalue weighted by Gasteiger charge is -2.10. The number of methoxy groups -OCH3 is 1. The fraction of sp³-hybridized carbons (Fsp3) is 0.273. The molecule has 98 valence electrons. The van der Waals surface area contributed by atoms with Crippen molar-refractivity contribution in [1.29, 1.82) is 0 Å². The molecular weight excluding hydrogens is 258 g/mol. The highest BCUT2D eigenvalue weighted by atomic mass is 32.2. The van der Waals surface area contributed by atoms with Crippen LogP contribution < -0.4 is 10.1 Å². The van der Waals surface area contributed by atoms with Gasteiger partial charge in [-0.3, -0.25) is 9.59 Å². The van der Waals surface area contributed by atoms with Crippen LogP contribution in [0.5, 0.6) is 5.75 Å². The number of hydrogen-bond acceptors (Lipinski definition) is 4. The maximum absolute atomic E-state index is 11.6. The SMILES string of the molecule is COc1ccc(C(=O)CS(=O)O)cc1NC(C)=O. The van der Waals surface area contributed by atoms with Crippen molar-refractivity contribution in [2.45, 2.75) is 6.92 Å². The normalized spacial score (nSPS) is 11.7. The summed E-state index contributed by atoms with van der Waals surface area (Å²) in [6.07, 6.45) is 0. The predicted octanol–water partition coefficient (Wildman–Crippen LogP) is 1.06. The van der Waals surface area contributed by atoms with Crippen molar-refractivity contribution in [1.82, 2.24) is 0 Å². The minimum Gasteiger partial charge on any atom is -0.495 e. The van der Waals surface area contributed by atoms with Gasteiger partial charge in [-0.2, -0.15) is 0 Å². The van der Waals surface area contributed by atoms with Crippen LogP contribution in [-0.4, -0.2) is 33.3 Å². The number of ketones is 1. The first-order valence-electron chi connectivity index (χ1n) is 5.00. The van der Waals surface area contributed by atoms with Gasteiger partial charge in [-0.1, -0.05) is 0 Å². The largest absolute Gasteiger partial charge is 0.495 e. The number of anilines is 1. The highest BCUT2D eigenvalue weighted by molar-refractivity contribution is 7.80. The molecule has 1 amide bonds. The second-order valence-corrected chi connectivity index (χ2v) is 4.42. The summed E-state index contributed by atoms with van der Waals surface area (Å²) in [7, 11) is 1.44. The average molecular weight is 271 g/mol. The molecule has 0 saturated heterocycles. The molecule has 7 heteroatoms. The van der Waals surface area contributed by atoms with E-state index in [-0.39, 0.29) is 11.5 Å². The van der Waals surface area contributed by atoms with E-state index in [4.69, 9.17) is 9.29 Å². The second-order valence-electron chi connectivity index (χ2n) is 3.49. The molecule has 1 rings (SSSR count). The molecule has 0 aliphatic carbocycles. The highest BCUT2D eigenvalue weighted by Crippen LogP contribution is 2.25. The van der Waals surface area contributed by atoms with Crippen LogP contribution in [0, 0.1) is 0 Å². The van der Waals surface area contributed by atoms with Crippen molar-refractivity contribution in [3.8, 4) is 5.75 Å². The Labute approximate surface area is 107 Å². The fourth-order valence-corrected chi connectivity index (χ4v) is 1.76. The number of carbonyl (C=O) groups is 2. The number of benzene rings is 1. The van der Waals surface area contributed by atoms with E-state index in [9.17, 15) is 13.8 Å². The van der Waals surface area contributed by atoms with E-state index in [0.717, 1.165) is 0 Å². The molecule has 0 bridgehead atoms. The van der Waals surface area contributed by atoms with Crippen molar-refractivity contribution in [2.75, 3.05) is 18.2 Å². The van der Waals surface area contributed by atoms with Crippen molar-refractivity contribution in [3.63, 3.8) is 0 Å².